The van der Waals surface area contributed by atoms with Gasteiger partial charge in [-0.25, -0.2) is 0 Å². The van der Waals surface area contributed by atoms with Crippen LogP contribution in [0.5, 0.6) is 0 Å². The van der Waals surface area contributed by atoms with E-state index in [9.17, 15) is 9.59 Å². The topological polar surface area (TPSA) is 58.2 Å². The Kier molecular flexibility index (Phi) is 7.13. The lowest BCUT2D eigenvalue weighted by molar-refractivity contribution is -0.118. The Hall–Kier alpha value is -3.92. The molecule has 0 heterocycles. The number of rotatable bonds is 7. The Labute approximate surface area is 170 Å². The monoisotopic (exact) mass is 382 g/mol. The zero-order valence-electron chi connectivity index (χ0n) is 15.9. The average Bonchev–Trinajstić information content (AvgIpc) is 2.78. The fourth-order valence-corrected chi connectivity index (χ4v) is 2.65. The van der Waals surface area contributed by atoms with Gasteiger partial charge < -0.3 is 10.6 Å². The standard InChI is InChI=1S/C25H22N2O2/c28-24(22-16-8-3-9-17-22)27-23(18-10-15-20-11-4-1-5-12-20)25(29)26-19-21-13-6-2-7-14-21/h1-18H,19H2,(H,26,29)(H,27,28)/b15-10+,23-18+. The van der Waals surface area contributed by atoms with Crippen LogP contribution >= 0.6 is 0 Å². The largest absolute Gasteiger partial charge is 0.347 e. The Morgan fingerprint density at radius 1 is 0.759 bits per heavy atom. The van der Waals surface area contributed by atoms with Gasteiger partial charge in [0.05, 0.1) is 0 Å². The lowest BCUT2D eigenvalue weighted by atomic mass is 10.2. The van der Waals surface area contributed by atoms with Crippen molar-refractivity contribution in [3.63, 3.8) is 0 Å². The van der Waals surface area contributed by atoms with Gasteiger partial charge in [-0.05, 0) is 29.3 Å². The molecule has 0 aromatic heterocycles. The first kappa shape index (κ1) is 19.8. The lowest BCUT2D eigenvalue weighted by Gasteiger charge is -2.10. The molecule has 2 amide bonds. The zero-order chi connectivity index (χ0) is 20.3. The quantitative estimate of drug-likeness (QED) is 0.472. The maximum atomic E-state index is 12.7. The maximum absolute atomic E-state index is 12.7. The molecule has 29 heavy (non-hydrogen) atoms. The number of benzene rings is 3. The fraction of sp³-hybridized carbons (Fsp3) is 0.0400. The second kappa shape index (κ2) is 10.4. The van der Waals surface area contributed by atoms with E-state index in [4.69, 9.17) is 0 Å². The van der Waals surface area contributed by atoms with Crippen molar-refractivity contribution in [2.75, 3.05) is 0 Å². The van der Waals surface area contributed by atoms with Crippen LogP contribution in [0, 0.1) is 0 Å². The Bertz CT molecular complexity index is 995. The molecule has 0 radical (unpaired) electrons. The summed E-state index contributed by atoms with van der Waals surface area (Å²) < 4.78 is 0. The molecular weight excluding hydrogens is 360 g/mol. The number of carbonyl (C=O) groups excluding carboxylic acids is 2. The molecule has 0 bridgehead atoms. The van der Waals surface area contributed by atoms with Crippen LogP contribution in [0.25, 0.3) is 6.08 Å². The molecule has 3 rings (SSSR count). The molecule has 4 heteroatoms. The van der Waals surface area contributed by atoms with Gasteiger partial charge in [0.1, 0.15) is 5.70 Å². The van der Waals surface area contributed by atoms with Gasteiger partial charge in [0.2, 0.25) is 0 Å². The van der Waals surface area contributed by atoms with Crippen molar-refractivity contribution >= 4 is 17.9 Å². The number of hydrogen-bond donors (Lipinski definition) is 2. The number of allylic oxidation sites excluding steroid dienone is 2. The van der Waals surface area contributed by atoms with Crippen molar-refractivity contribution < 1.29 is 9.59 Å². The van der Waals surface area contributed by atoms with Crippen LogP contribution in [0.3, 0.4) is 0 Å². The summed E-state index contributed by atoms with van der Waals surface area (Å²) in [5.74, 6) is -0.685. The molecule has 3 aromatic carbocycles. The van der Waals surface area contributed by atoms with E-state index in [-0.39, 0.29) is 17.5 Å². The van der Waals surface area contributed by atoms with Crippen LogP contribution in [0.1, 0.15) is 21.5 Å². The minimum Gasteiger partial charge on any atom is -0.347 e. The molecule has 0 unspecified atom stereocenters. The smallest absolute Gasteiger partial charge is 0.268 e. The normalized spacial score (nSPS) is 11.2. The van der Waals surface area contributed by atoms with Gasteiger partial charge in [0, 0.05) is 12.1 Å². The van der Waals surface area contributed by atoms with Crippen molar-refractivity contribution in [1.29, 1.82) is 0 Å². The molecule has 144 valence electrons. The van der Waals surface area contributed by atoms with Gasteiger partial charge in [0.25, 0.3) is 11.8 Å². The zero-order valence-corrected chi connectivity index (χ0v) is 15.9. The molecule has 0 fully saturated rings. The summed E-state index contributed by atoms with van der Waals surface area (Å²) in [6.07, 6.45) is 5.23. The highest BCUT2D eigenvalue weighted by Crippen LogP contribution is 2.05. The van der Waals surface area contributed by atoms with E-state index in [1.165, 1.54) is 0 Å². The van der Waals surface area contributed by atoms with E-state index in [0.29, 0.717) is 12.1 Å². The van der Waals surface area contributed by atoms with Crippen molar-refractivity contribution in [3.05, 3.63) is 126 Å². The van der Waals surface area contributed by atoms with Crippen LogP contribution in [-0.4, -0.2) is 11.8 Å². The maximum Gasteiger partial charge on any atom is 0.268 e. The van der Waals surface area contributed by atoms with Gasteiger partial charge in [0.15, 0.2) is 0 Å². The van der Waals surface area contributed by atoms with Crippen molar-refractivity contribution in [3.8, 4) is 0 Å². The van der Waals surface area contributed by atoms with Crippen LogP contribution in [0.15, 0.2) is 109 Å². The Morgan fingerprint density at radius 3 is 2.00 bits per heavy atom. The number of carbonyl (C=O) groups is 2. The molecule has 0 atom stereocenters. The first-order valence-corrected chi connectivity index (χ1v) is 9.34. The third-order valence-electron chi connectivity index (χ3n) is 4.18. The Morgan fingerprint density at radius 2 is 1.34 bits per heavy atom. The SMILES string of the molecule is O=C(NCc1ccccc1)/C(=C\C=C\c1ccccc1)NC(=O)c1ccccc1. The van der Waals surface area contributed by atoms with Crippen molar-refractivity contribution in [2.45, 2.75) is 6.54 Å². The summed E-state index contributed by atoms with van der Waals surface area (Å²) in [6.45, 7) is 0.376. The first-order chi connectivity index (χ1) is 14.2. The van der Waals surface area contributed by atoms with E-state index in [0.717, 1.165) is 11.1 Å². The predicted molar refractivity (Wildman–Crippen MR) is 116 cm³/mol. The van der Waals surface area contributed by atoms with E-state index in [2.05, 4.69) is 10.6 Å². The van der Waals surface area contributed by atoms with Gasteiger partial charge >= 0.3 is 0 Å². The second-order valence-corrected chi connectivity index (χ2v) is 6.34. The molecule has 0 aliphatic heterocycles. The highest BCUT2D eigenvalue weighted by atomic mass is 16.2. The molecule has 0 saturated heterocycles. The summed E-state index contributed by atoms with van der Waals surface area (Å²) in [4.78, 5) is 25.2. The number of hydrogen-bond acceptors (Lipinski definition) is 2. The van der Waals surface area contributed by atoms with E-state index >= 15 is 0 Å². The van der Waals surface area contributed by atoms with Gasteiger partial charge in [-0.3, -0.25) is 9.59 Å². The first-order valence-electron chi connectivity index (χ1n) is 9.34. The molecule has 0 aliphatic carbocycles. The molecule has 0 aliphatic rings. The van der Waals surface area contributed by atoms with Gasteiger partial charge in [-0.1, -0.05) is 91.0 Å². The van der Waals surface area contributed by atoms with Gasteiger partial charge in [-0.2, -0.15) is 0 Å². The highest BCUT2D eigenvalue weighted by Gasteiger charge is 2.13. The van der Waals surface area contributed by atoms with Crippen LogP contribution in [0.4, 0.5) is 0 Å². The molecule has 4 nitrogen and oxygen atoms in total. The second-order valence-electron chi connectivity index (χ2n) is 6.34. The predicted octanol–water partition coefficient (Wildman–Crippen LogP) is 4.33. The minimum absolute atomic E-state index is 0.182. The third-order valence-corrected chi connectivity index (χ3v) is 4.18. The minimum atomic E-state index is -0.351. The van der Waals surface area contributed by atoms with E-state index < -0.39 is 0 Å². The summed E-state index contributed by atoms with van der Waals surface area (Å²) in [6, 6.07) is 28.2. The van der Waals surface area contributed by atoms with E-state index in [1.54, 1.807) is 36.4 Å². The summed E-state index contributed by atoms with van der Waals surface area (Å²) in [5, 5.41) is 5.56. The average molecular weight is 382 g/mol. The van der Waals surface area contributed by atoms with Crippen molar-refractivity contribution in [2.24, 2.45) is 0 Å². The molecule has 0 saturated carbocycles. The fourth-order valence-electron chi connectivity index (χ4n) is 2.65. The van der Waals surface area contributed by atoms with Gasteiger partial charge in [-0.15, -0.1) is 0 Å². The number of nitrogens with one attached hydrogen (secondary N) is 2. The molecule has 3 aromatic rings. The molecule has 2 N–H and O–H groups in total. The van der Waals surface area contributed by atoms with Crippen LogP contribution in [0.2, 0.25) is 0 Å². The molecule has 0 spiro atoms. The summed E-state index contributed by atoms with van der Waals surface area (Å²) in [7, 11) is 0. The molecular formula is C25H22N2O2. The van der Waals surface area contributed by atoms with E-state index in [1.807, 2.05) is 72.8 Å². The summed E-state index contributed by atoms with van der Waals surface area (Å²) >= 11 is 0. The van der Waals surface area contributed by atoms with Crippen molar-refractivity contribution in [1.82, 2.24) is 10.6 Å². The highest BCUT2D eigenvalue weighted by molar-refractivity contribution is 6.03. The number of amides is 2. The van der Waals surface area contributed by atoms with Crippen LogP contribution < -0.4 is 10.6 Å². The summed E-state index contributed by atoms with van der Waals surface area (Å²) in [5.41, 5.74) is 2.65. The Balaban J connectivity index is 1.74. The third kappa shape index (κ3) is 6.33. The lowest BCUT2D eigenvalue weighted by Crippen LogP contribution is -2.34. The van der Waals surface area contributed by atoms with Crippen LogP contribution in [-0.2, 0) is 11.3 Å².